The van der Waals surface area contributed by atoms with Crippen molar-refractivity contribution in [3.8, 4) is 5.75 Å². The van der Waals surface area contributed by atoms with Crippen LogP contribution in [0.25, 0.3) is 0 Å². The molecular weight excluding hydrogens is 202 g/mol. The van der Waals surface area contributed by atoms with Crippen LogP contribution in [0, 0.1) is 12.8 Å². The Morgan fingerprint density at radius 2 is 2.12 bits per heavy atom. The van der Waals surface area contributed by atoms with E-state index in [-0.39, 0.29) is 11.7 Å². The van der Waals surface area contributed by atoms with Crippen LogP contribution in [0.4, 0.5) is 0 Å². The van der Waals surface area contributed by atoms with Gasteiger partial charge in [0.2, 0.25) is 0 Å². The fourth-order valence-electron chi connectivity index (χ4n) is 1.37. The summed E-state index contributed by atoms with van der Waals surface area (Å²) in [6, 6.07) is 4.87. The Hall–Kier alpha value is -1.51. The molecule has 0 aliphatic rings. The molecule has 1 amide bonds. The van der Waals surface area contributed by atoms with E-state index in [1.165, 1.54) is 0 Å². The van der Waals surface area contributed by atoms with Gasteiger partial charge in [-0.2, -0.15) is 0 Å². The summed E-state index contributed by atoms with van der Waals surface area (Å²) in [5, 5.41) is 12.2. The average molecular weight is 221 g/mol. The van der Waals surface area contributed by atoms with Crippen molar-refractivity contribution in [2.45, 2.75) is 27.2 Å². The second kappa shape index (κ2) is 5.54. The molecule has 2 N–H and O–H groups in total. The quantitative estimate of drug-likeness (QED) is 0.820. The standard InChI is InChI=1S/C13H19NO2/c1-9(2)6-7-14-13(16)11-4-5-12(15)10(3)8-11/h4-5,8-9,15H,6-7H2,1-3H3,(H,14,16). The van der Waals surface area contributed by atoms with Gasteiger partial charge in [0.25, 0.3) is 5.91 Å². The summed E-state index contributed by atoms with van der Waals surface area (Å²) in [5.41, 5.74) is 1.32. The number of phenols is 1. The summed E-state index contributed by atoms with van der Waals surface area (Å²) in [6.07, 6.45) is 0.975. The van der Waals surface area contributed by atoms with Crippen LogP contribution < -0.4 is 5.32 Å². The van der Waals surface area contributed by atoms with E-state index in [4.69, 9.17) is 0 Å². The minimum Gasteiger partial charge on any atom is -0.508 e. The molecule has 1 aromatic carbocycles. The van der Waals surface area contributed by atoms with E-state index >= 15 is 0 Å². The lowest BCUT2D eigenvalue weighted by Crippen LogP contribution is -2.25. The Bertz CT molecular complexity index is 372. The molecule has 3 nitrogen and oxygen atoms in total. The monoisotopic (exact) mass is 221 g/mol. The third-order valence-electron chi connectivity index (χ3n) is 2.47. The zero-order valence-electron chi connectivity index (χ0n) is 10.1. The number of hydrogen-bond donors (Lipinski definition) is 2. The number of amides is 1. The summed E-state index contributed by atoms with van der Waals surface area (Å²) in [6.45, 7) is 6.71. The number of rotatable bonds is 4. The van der Waals surface area contributed by atoms with E-state index in [0.717, 1.165) is 12.0 Å². The van der Waals surface area contributed by atoms with Crippen LogP contribution in [0.15, 0.2) is 18.2 Å². The highest BCUT2D eigenvalue weighted by Gasteiger charge is 2.06. The molecule has 88 valence electrons. The molecule has 0 unspecified atom stereocenters. The second-order valence-electron chi connectivity index (χ2n) is 4.44. The number of benzene rings is 1. The summed E-state index contributed by atoms with van der Waals surface area (Å²) >= 11 is 0. The van der Waals surface area contributed by atoms with Gasteiger partial charge in [0.1, 0.15) is 5.75 Å². The van der Waals surface area contributed by atoms with E-state index in [1.54, 1.807) is 25.1 Å². The van der Waals surface area contributed by atoms with E-state index in [1.807, 2.05) is 0 Å². The lowest BCUT2D eigenvalue weighted by atomic mass is 10.1. The van der Waals surface area contributed by atoms with Gasteiger partial charge in [-0.15, -0.1) is 0 Å². The van der Waals surface area contributed by atoms with Gasteiger partial charge in [0, 0.05) is 12.1 Å². The van der Waals surface area contributed by atoms with Crippen molar-refractivity contribution in [1.29, 1.82) is 0 Å². The fourth-order valence-corrected chi connectivity index (χ4v) is 1.37. The molecule has 1 aromatic rings. The molecule has 16 heavy (non-hydrogen) atoms. The number of hydrogen-bond acceptors (Lipinski definition) is 2. The molecule has 0 aromatic heterocycles. The summed E-state index contributed by atoms with van der Waals surface area (Å²) in [7, 11) is 0. The topological polar surface area (TPSA) is 49.3 Å². The molecule has 0 aliphatic heterocycles. The largest absolute Gasteiger partial charge is 0.508 e. The molecular formula is C13H19NO2. The molecule has 3 heteroatoms. The SMILES string of the molecule is Cc1cc(C(=O)NCCC(C)C)ccc1O. The van der Waals surface area contributed by atoms with Crippen LogP contribution in [-0.2, 0) is 0 Å². The van der Waals surface area contributed by atoms with Gasteiger partial charge >= 0.3 is 0 Å². The van der Waals surface area contributed by atoms with Crippen LogP contribution in [0.3, 0.4) is 0 Å². The normalized spacial score (nSPS) is 10.5. The van der Waals surface area contributed by atoms with E-state index < -0.39 is 0 Å². The van der Waals surface area contributed by atoms with Gasteiger partial charge < -0.3 is 10.4 Å². The third-order valence-corrected chi connectivity index (χ3v) is 2.47. The number of aryl methyl sites for hydroxylation is 1. The zero-order valence-corrected chi connectivity index (χ0v) is 10.1. The molecule has 0 bridgehead atoms. The zero-order chi connectivity index (χ0) is 12.1. The molecule has 0 fully saturated rings. The Balaban J connectivity index is 2.56. The third kappa shape index (κ3) is 3.57. The van der Waals surface area contributed by atoms with Crippen molar-refractivity contribution in [2.24, 2.45) is 5.92 Å². The van der Waals surface area contributed by atoms with Gasteiger partial charge in [-0.05, 0) is 43.0 Å². The lowest BCUT2D eigenvalue weighted by molar-refractivity contribution is 0.0952. The van der Waals surface area contributed by atoms with Gasteiger partial charge in [-0.3, -0.25) is 4.79 Å². The summed E-state index contributed by atoms with van der Waals surface area (Å²) in [4.78, 5) is 11.7. The number of nitrogens with one attached hydrogen (secondary N) is 1. The molecule has 0 heterocycles. The van der Waals surface area contributed by atoms with Gasteiger partial charge in [0.05, 0.1) is 0 Å². The maximum Gasteiger partial charge on any atom is 0.251 e. The fraction of sp³-hybridized carbons (Fsp3) is 0.462. The van der Waals surface area contributed by atoms with Crippen molar-refractivity contribution >= 4 is 5.91 Å². The minimum atomic E-state index is -0.0799. The van der Waals surface area contributed by atoms with Gasteiger partial charge in [0.15, 0.2) is 0 Å². The van der Waals surface area contributed by atoms with Crippen molar-refractivity contribution in [3.05, 3.63) is 29.3 Å². The molecule has 1 rings (SSSR count). The predicted octanol–water partition coefficient (Wildman–Crippen LogP) is 2.48. The van der Waals surface area contributed by atoms with Crippen LogP contribution in [-0.4, -0.2) is 17.6 Å². The first-order valence-electron chi connectivity index (χ1n) is 5.58. The van der Waals surface area contributed by atoms with Crippen LogP contribution in [0.1, 0.15) is 36.2 Å². The highest BCUT2D eigenvalue weighted by Crippen LogP contribution is 2.16. The maximum absolute atomic E-state index is 11.7. The number of aromatic hydroxyl groups is 1. The first-order valence-corrected chi connectivity index (χ1v) is 5.58. The molecule has 0 atom stereocenters. The van der Waals surface area contributed by atoms with Gasteiger partial charge in [-0.1, -0.05) is 13.8 Å². The maximum atomic E-state index is 11.7. The van der Waals surface area contributed by atoms with Crippen molar-refractivity contribution in [1.82, 2.24) is 5.32 Å². The van der Waals surface area contributed by atoms with Crippen molar-refractivity contribution in [2.75, 3.05) is 6.54 Å². The van der Waals surface area contributed by atoms with E-state index in [2.05, 4.69) is 19.2 Å². The second-order valence-corrected chi connectivity index (χ2v) is 4.44. The molecule has 0 radical (unpaired) electrons. The number of carbonyl (C=O) groups is 1. The average Bonchev–Trinajstić information content (AvgIpc) is 2.21. The lowest BCUT2D eigenvalue weighted by Gasteiger charge is -2.08. The molecule has 0 aliphatic carbocycles. The summed E-state index contributed by atoms with van der Waals surface area (Å²) in [5.74, 6) is 0.726. The Morgan fingerprint density at radius 3 is 2.69 bits per heavy atom. The Morgan fingerprint density at radius 1 is 1.44 bits per heavy atom. The van der Waals surface area contributed by atoms with Crippen LogP contribution >= 0.6 is 0 Å². The Kier molecular flexibility index (Phi) is 4.35. The Labute approximate surface area is 96.5 Å². The van der Waals surface area contributed by atoms with Crippen molar-refractivity contribution in [3.63, 3.8) is 0 Å². The van der Waals surface area contributed by atoms with E-state index in [0.29, 0.717) is 18.0 Å². The highest BCUT2D eigenvalue weighted by molar-refractivity contribution is 5.94. The number of carbonyl (C=O) groups excluding carboxylic acids is 1. The first-order chi connectivity index (χ1) is 7.50. The molecule has 0 saturated carbocycles. The highest BCUT2D eigenvalue weighted by atomic mass is 16.3. The van der Waals surface area contributed by atoms with Crippen molar-refractivity contribution < 1.29 is 9.90 Å². The van der Waals surface area contributed by atoms with Gasteiger partial charge in [-0.25, -0.2) is 0 Å². The molecule has 0 spiro atoms. The minimum absolute atomic E-state index is 0.0799. The predicted molar refractivity (Wildman–Crippen MR) is 64.6 cm³/mol. The summed E-state index contributed by atoms with van der Waals surface area (Å²) < 4.78 is 0. The molecule has 0 saturated heterocycles. The van der Waals surface area contributed by atoms with Crippen LogP contribution in [0.2, 0.25) is 0 Å². The van der Waals surface area contributed by atoms with Crippen LogP contribution in [0.5, 0.6) is 5.75 Å². The van der Waals surface area contributed by atoms with E-state index in [9.17, 15) is 9.90 Å². The number of phenolic OH excluding ortho intramolecular Hbond substituents is 1. The first kappa shape index (κ1) is 12.6. The smallest absolute Gasteiger partial charge is 0.251 e.